The Kier molecular flexibility index (Phi) is 4.73. The number of carbonyl (C=O) groups is 2. The summed E-state index contributed by atoms with van der Waals surface area (Å²) >= 11 is 0. The SMILES string of the molecule is Cc1cc(C)cc(C(=O)Nc2ccc3c(c2)N(C(=O)C2CCCC2)CC3)c1. The van der Waals surface area contributed by atoms with Crippen LogP contribution in [0, 0.1) is 19.8 Å². The highest BCUT2D eigenvalue weighted by molar-refractivity contribution is 6.05. The first-order chi connectivity index (χ1) is 13.0. The molecule has 4 nitrogen and oxygen atoms in total. The molecule has 140 valence electrons. The van der Waals surface area contributed by atoms with Gasteiger partial charge in [-0.25, -0.2) is 0 Å². The van der Waals surface area contributed by atoms with Crippen molar-refractivity contribution < 1.29 is 9.59 Å². The molecule has 1 N–H and O–H groups in total. The fourth-order valence-electron chi connectivity index (χ4n) is 4.39. The zero-order valence-electron chi connectivity index (χ0n) is 16.0. The molecule has 0 spiro atoms. The maximum absolute atomic E-state index is 12.9. The summed E-state index contributed by atoms with van der Waals surface area (Å²) in [7, 11) is 0. The second-order valence-corrected chi connectivity index (χ2v) is 7.90. The monoisotopic (exact) mass is 362 g/mol. The lowest BCUT2D eigenvalue weighted by molar-refractivity contribution is -0.122. The highest BCUT2D eigenvalue weighted by Crippen LogP contribution is 2.35. The Labute approximate surface area is 160 Å². The van der Waals surface area contributed by atoms with Crippen LogP contribution in [0.15, 0.2) is 36.4 Å². The first-order valence-electron chi connectivity index (χ1n) is 9.85. The van der Waals surface area contributed by atoms with E-state index in [9.17, 15) is 9.59 Å². The number of hydrogen-bond acceptors (Lipinski definition) is 2. The summed E-state index contributed by atoms with van der Waals surface area (Å²) in [5.41, 5.74) is 5.69. The number of benzene rings is 2. The third kappa shape index (κ3) is 3.61. The number of anilines is 2. The topological polar surface area (TPSA) is 49.4 Å². The first-order valence-corrected chi connectivity index (χ1v) is 9.85. The Bertz CT molecular complexity index is 877. The van der Waals surface area contributed by atoms with Crippen LogP contribution in [0.3, 0.4) is 0 Å². The number of nitrogens with zero attached hydrogens (tertiary/aromatic N) is 1. The molecule has 27 heavy (non-hydrogen) atoms. The van der Waals surface area contributed by atoms with E-state index in [0.717, 1.165) is 61.2 Å². The lowest BCUT2D eigenvalue weighted by Crippen LogP contribution is -2.33. The van der Waals surface area contributed by atoms with Gasteiger partial charge in [0.05, 0.1) is 0 Å². The molecule has 0 atom stereocenters. The van der Waals surface area contributed by atoms with Crippen molar-refractivity contribution in [2.24, 2.45) is 5.92 Å². The van der Waals surface area contributed by atoms with Gasteiger partial charge in [0.25, 0.3) is 5.91 Å². The molecule has 1 aliphatic carbocycles. The summed E-state index contributed by atoms with van der Waals surface area (Å²) in [6.07, 6.45) is 5.22. The molecule has 0 saturated heterocycles. The van der Waals surface area contributed by atoms with E-state index in [1.54, 1.807) is 0 Å². The fourth-order valence-corrected chi connectivity index (χ4v) is 4.39. The van der Waals surface area contributed by atoms with Crippen LogP contribution < -0.4 is 10.2 Å². The van der Waals surface area contributed by atoms with Crippen LogP contribution in [0.1, 0.15) is 52.7 Å². The second-order valence-electron chi connectivity index (χ2n) is 7.90. The Hall–Kier alpha value is -2.62. The van der Waals surface area contributed by atoms with Gasteiger partial charge in [0.15, 0.2) is 0 Å². The van der Waals surface area contributed by atoms with Crippen molar-refractivity contribution in [3.05, 3.63) is 58.7 Å². The Morgan fingerprint density at radius 3 is 2.41 bits per heavy atom. The molecule has 2 amide bonds. The predicted molar refractivity (Wildman–Crippen MR) is 108 cm³/mol. The smallest absolute Gasteiger partial charge is 0.255 e. The molecule has 2 aromatic carbocycles. The van der Waals surface area contributed by atoms with Gasteiger partial charge in [-0.1, -0.05) is 36.1 Å². The second kappa shape index (κ2) is 7.18. The van der Waals surface area contributed by atoms with Gasteiger partial charge in [0.2, 0.25) is 5.91 Å². The molecule has 4 heteroatoms. The number of rotatable bonds is 3. The Balaban J connectivity index is 1.54. The van der Waals surface area contributed by atoms with Gasteiger partial charge in [-0.05, 0) is 62.9 Å². The van der Waals surface area contributed by atoms with E-state index in [-0.39, 0.29) is 17.7 Å². The number of amides is 2. The number of carbonyl (C=O) groups excluding carboxylic acids is 2. The molecule has 2 aromatic rings. The predicted octanol–water partition coefficient (Wildman–Crippen LogP) is 4.64. The van der Waals surface area contributed by atoms with Gasteiger partial charge >= 0.3 is 0 Å². The summed E-state index contributed by atoms with van der Waals surface area (Å²) in [5, 5.41) is 2.99. The zero-order valence-corrected chi connectivity index (χ0v) is 16.0. The summed E-state index contributed by atoms with van der Waals surface area (Å²) in [5.74, 6) is 0.307. The standard InChI is InChI=1S/C23H26N2O2/c1-15-11-16(2)13-19(12-15)22(26)24-20-8-7-17-9-10-25(21(17)14-20)23(27)18-5-3-4-6-18/h7-8,11-14,18H,3-6,9-10H2,1-2H3,(H,24,26). The summed E-state index contributed by atoms with van der Waals surface area (Å²) in [4.78, 5) is 27.5. The van der Waals surface area contributed by atoms with Gasteiger partial charge in [0.1, 0.15) is 0 Å². The third-order valence-electron chi connectivity index (χ3n) is 5.69. The molecular formula is C23H26N2O2. The van der Waals surface area contributed by atoms with E-state index in [1.807, 2.05) is 49.1 Å². The summed E-state index contributed by atoms with van der Waals surface area (Å²) in [6.45, 7) is 4.73. The number of fused-ring (bicyclic) bond motifs is 1. The minimum absolute atomic E-state index is 0.117. The molecule has 2 aliphatic rings. The molecule has 0 unspecified atom stereocenters. The van der Waals surface area contributed by atoms with Crippen LogP contribution in [0.4, 0.5) is 11.4 Å². The van der Waals surface area contributed by atoms with Gasteiger partial charge in [-0.15, -0.1) is 0 Å². The molecule has 4 rings (SSSR count). The zero-order chi connectivity index (χ0) is 19.0. The van der Waals surface area contributed by atoms with Crippen molar-refractivity contribution in [1.29, 1.82) is 0 Å². The van der Waals surface area contributed by atoms with E-state index in [1.165, 1.54) is 5.56 Å². The van der Waals surface area contributed by atoms with Gasteiger partial charge in [0, 0.05) is 29.4 Å². The molecule has 0 radical (unpaired) electrons. The summed E-state index contributed by atoms with van der Waals surface area (Å²) in [6, 6.07) is 11.8. The van der Waals surface area contributed by atoms with E-state index in [2.05, 4.69) is 11.4 Å². The van der Waals surface area contributed by atoms with Gasteiger partial charge in [-0.3, -0.25) is 9.59 Å². The number of nitrogens with one attached hydrogen (secondary N) is 1. The average molecular weight is 362 g/mol. The lowest BCUT2D eigenvalue weighted by Gasteiger charge is -2.21. The fraction of sp³-hybridized carbons (Fsp3) is 0.391. The van der Waals surface area contributed by atoms with Crippen LogP contribution in [-0.4, -0.2) is 18.4 Å². The molecular weight excluding hydrogens is 336 g/mol. The number of hydrogen-bond donors (Lipinski definition) is 1. The summed E-state index contributed by atoms with van der Waals surface area (Å²) < 4.78 is 0. The highest BCUT2D eigenvalue weighted by Gasteiger charge is 2.32. The van der Waals surface area contributed by atoms with Crippen LogP contribution in [0.25, 0.3) is 0 Å². The number of aryl methyl sites for hydroxylation is 2. The Morgan fingerprint density at radius 2 is 1.70 bits per heavy atom. The highest BCUT2D eigenvalue weighted by atomic mass is 16.2. The Morgan fingerprint density at radius 1 is 1.00 bits per heavy atom. The minimum Gasteiger partial charge on any atom is -0.322 e. The van der Waals surface area contributed by atoms with Crippen LogP contribution in [0.2, 0.25) is 0 Å². The molecule has 1 fully saturated rings. The van der Waals surface area contributed by atoms with E-state index in [0.29, 0.717) is 5.56 Å². The lowest BCUT2D eigenvalue weighted by atomic mass is 10.1. The van der Waals surface area contributed by atoms with Crippen molar-refractivity contribution in [3.8, 4) is 0 Å². The van der Waals surface area contributed by atoms with Crippen molar-refractivity contribution in [2.75, 3.05) is 16.8 Å². The quantitative estimate of drug-likeness (QED) is 0.865. The maximum Gasteiger partial charge on any atom is 0.255 e. The van der Waals surface area contributed by atoms with Gasteiger partial charge < -0.3 is 10.2 Å². The van der Waals surface area contributed by atoms with Crippen LogP contribution in [0.5, 0.6) is 0 Å². The molecule has 0 bridgehead atoms. The normalized spacial score (nSPS) is 16.4. The largest absolute Gasteiger partial charge is 0.322 e. The van der Waals surface area contributed by atoms with Crippen molar-refractivity contribution >= 4 is 23.2 Å². The van der Waals surface area contributed by atoms with E-state index in [4.69, 9.17) is 0 Å². The molecule has 0 aromatic heterocycles. The van der Waals surface area contributed by atoms with Crippen molar-refractivity contribution in [2.45, 2.75) is 46.0 Å². The van der Waals surface area contributed by atoms with Crippen molar-refractivity contribution in [1.82, 2.24) is 0 Å². The van der Waals surface area contributed by atoms with E-state index >= 15 is 0 Å². The van der Waals surface area contributed by atoms with Crippen molar-refractivity contribution in [3.63, 3.8) is 0 Å². The maximum atomic E-state index is 12.9. The van der Waals surface area contributed by atoms with Crippen LogP contribution in [-0.2, 0) is 11.2 Å². The van der Waals surface area contributed by atoms with Gasteiger partial charge in [-0.2, -0.15) is 0 Å². The molecule has 1 saturated carbocycles. The van der Waals surface area contributed by atoms with Crippen LogP contribution >= 0.6 is 0 Å². The average Bonchev–Trinajstić information content (AvgIpc) is 3.30. The first kappa shape index (κ1) is 17.8. The molecule has 1 aliphatic heterocycles. The third-order valence-corrected chi connectivity index (χ3v) is 5.69. The molecule has 1 heterocycles. The van der Waals surface area contributed by atoms with E-state index < -0.39 is 0 Å². The minimum atomic E-state index is -0.117.